The van der Waals surface area contributed by atoms with Crippen LogP contribution in [0.25, 0.3) is 0 Å². The van der Waals surface area contributed by atoms with Gasteiger partial charge in [0.05, 0.1) is 18.9 Å². The zero-order valence-electron chi connectivity index (χ0n) is 20.2. The molecule has 2 amide bonds. The Morgan fingerprint density at radius 1 is 1.24 bits per heavy atom. The van der Waals surface area contributed by atoms with Crippen LogP contribution in [-0.2, 0) is 19.6 Å². The van der Waals surface area contributed by atoms with E-state index < -0.39 is 22.0 Å². The average molecular weight is 495 g/mol. The molecule has 1 aromatic rings. The molecule has 2 saturated heterocycles. The Labute approximate surface area is 203 Å². The summed E-state index contributed by atoms with van der Waals surface area (Å²) < 4.78 is 32.5. The smallest absolute Gasteiger partial charge is 0.324 e. The Hall–Kier alpha value is -2.17. The maximum absolute atomic E-state index is 13.4. The minimum absolute atomic E-state index is 0.0455. The molecule has 0 saturated carbocycles. The number of piperidine rings is 1. The number of unbranched alkanes of at least 4 members (excludes halogenated alkanes) is 1. The molecule has 2 fully saturated rings. The number of esters is 1. The number of carbonyl (C=O) groups is 2. The Morgan fingerprint density at radius 2 is 1.94 bits per heavy atom. The summed E-state index contributed by atoms with van der Waals surface area (Å²) in [4.78, 5) is 29.5. The van der Waals surface area contributed by atoms with Gasteiger partial charge < -0.3 is 15.0 Å². The monoisotopic (exact) mass is 494 g/mol. The molecule has 2 aliphatic heterocycles. The van der Waals surface area contributed by atoms with Crippen LogP contribution in [-0.4, -0.2) is 76.4 Å². The van der Waals surface area contributed by atoms with Crippen molar-refractivity contribution < 1.29 is 22.7 Å². The molecule has 0 spiro atoms. The van der Waals surface area contributed by atoms with Gasteiger partial charge in [0.2, 0.25) is 10.0 Å². The number of hydrogen-bond acceptors (Lipinski definition) is 6. The molecule has 2 unspecified atom stereocenters. The number of methoxy groups -OCH3 is 1. The first-order valence-electron chi connectivity index (χ1n) is 12.3. The quantitative estimate of drug-likeness (QED) is 0.432. The predicted octanol–water partition coefficient (Wildman–Crippen LogP) is 2.34. The van der Waals surface area contributed by atoms with E-state index in [1.807, 2.05) is 42.2 Å². The average Bonchev–Trinajstić information content (AvgIpc) is 3.16. The second-order valence-electron chi connectivity index (χ2n) is 9.16. The summed E-state index contributed by atoms with van der Waals surface area (Å²) >= 11 is 0. The fraction of sp³-hybridized carbons (Fsp3) is 0.667. The number of rotatable bonds is 12. The van der Waals surface area contributed by atoms with Crippen LogP contribution in [0.15, 0.2) is 30.3 Å². The first kappa shape index (κ1) is 26.4. The highest BCUT2D eigenvalue weighted by atomic mass is 32.2. The lowest BCUT2D eigenvalue weighted by atomic mass is 9.94. The zero-order valence-corrected chi connectivity index (χ0v) is 21.1. The van der Waals surface area contributed by atoms with E-state index in [4.69, 9.17) is 4.74 Å². The van der Waals surface area contributed by atoms with E-state index in [1.165, 1.54) is 7.11 Å². The van der Waals surface area contributed by atoms with Crippen LogP contribution >= 0.6 is 0 Å². The van der Waals surface area contributed by atoms with Gasteiger partial charge in [-0.15, -0.1) is 0 Å². The highest BCUT2D eigenvalue weighted by Crippen LogP contribution is 2.28. The summed E-state index contributed by atoms with van der Waals surface area (Å²) in [5, 5.41) is 3.36. The van der Waals surface area contributed by atoms with E-state index in [9.17, 15) is 18.0 Å². The molecule has 2 heterocycles. The van der Waals surface area contributed by atoms with Gasteiger partial charge in [0.25, 0.3) is 0 Å². The van der Waals surface area contributed by atoms with Gasteiger partial charge in [0, 0.05) is 18.8 Å². The summed E-state index contributed by atoms with van der Waals surface area (Å²) in [6, 6.07) is 7.97. The zero-order chi connectivity index (χ0) is 24.6. The van der Waals surface area contributed by atoms with Gasteiger partial charge >= 0.3 is 12.0 Å². The van der Waals surface area contributed by atoms with Crippen LogP contribution in [0.2, 0.25) is 0 Å². The number of carbonyl (C=O) groups excluding carboxylic acids is 2. The summed E-state index contributed by atoms with van der Waals surface area (Å²) in [6.45, 7) is 4.85. The number of para-hydroxylation sites is 1. The maximum Gasteiger partial charge on any atom is 0.324 e. The molecule has 0 radical (unpaired) electrons. The molecule has 0 aromatic heterocycles. The van der Waals surface area contributed by atoms with E-state index in [0.29, 0.717) is 25.4 Å². The van der Waals surface area contributed by atoms with Gasteiger partial charge in [-0.05, 0) is 63.2 Å². The lowest BCUT2D eigenvalue weighted by Gasteiger charge is -2.29. The van der Waals surface area contributed by atoms with E-state index in [2.05, 4.69) is 10.0 Å². The molecule has 3 rings (SSSR count). The van der Waals surface area contributed by atoms with Crippen LogP contribution in [0.5, 0.6) is 0 Å². The number of sulfonamides is 1. The number of hydrogen-bond donors (Lipinski definition) is 2. The van der Waals surface area contributed by atoms with Crippen molar-refractivity contribution in [2.24, 2.45) is 5.92 Å². The highest BCUT2D eigenvalue weighted by molar-refractivity contribution is 7.89. The fourth-order valence-corrected chi connectivity index (χ4v) is 6.12. The summed E-state index contributed by atoms with van der Waals surface area (Å²) in [7, 11) is -2.39. The molecule has 0 bridgehead atoms. The number of nitrogens with zero attached hydrogens (tertiary/aromatic N) is 2. The second kappa shape index (κ2) is 12.5. The van der Waals surface area contributed by atoms with Crippen LogP contribution < -0.4 is 14.9 Å². The molecule has 2 atom stereocenters. The second-order valence-corrected chi connectivity index (χ2v) is 11.0. The maximum atomic E-state index is 13.4. The molecule has 10 heteroatoms. The molecule has 1 aromatic carbocycles. The van der Waals surface area contributed by atoms with Gasteiger partial charge in [-0.2, -0.15) is 0 Å². The van der Waals surface area contributed by atoms with Crippen molar-refractivity contribution in [2.45, 2.75) is 57.5 Å². The summed E-state index contributed by atoms with van der Waals surface area (Å²) in [5.41, 5.74) is 0.792. The number of benzene rings is 1. The number of amides is 2. The minimum Gasteiger partial charge on any atom is -0.468 e. The number of nitrogens with one attached hydrogen (secondary N) is 2. The third kappa shape index (κ3) is 7.16. The van der Waals surface area contributed by atoms with Crippen LogP contribution in [0.4, 0.5) is 10.5 Å². The molecule has 2 aliphatic rings. The van der Waals surface area contributed by atoms with E-state index in [0.717, 1.165) is 44.5 Å². The van der Waals surface area contributed by atoms with Gasteiger partial charge in [0.1, 0.15) is 6.04 Å². The van der Waals surface area contributed by atoms with Crippen LogP contribution in [0.1, 0.15) is 45.4 Å². The largest absolute Gasteiger partial charge is 0.468 e. The first-order chi connectivity index (χ1) is 16.3. The normalized spacial score (nSPS) is 20.5. The van der Waals surface area contributed by atoms with E-state index in [-0.39, 0.29) is 24.2 Å². The van der Waals surface area contributed by atoms with Crippen LogP contribution in [0.3, 0.4) is 0 Å². The minimum atomic E-state index is -3.64. The SMILES string of the molecule is CCCCS(=O)(=O)NC(CC1CN(c2ccccc2)C(=O)N1CCC1CCNCC1)C(=O)OC. The van der Waals surface area contributed by atoms with Crippen molar-refractivity contribution in [2.75, 3.05) is 43.9 Å². The number of anilines is 1. The van der Waals surface area contributed by atoms with Crippen molar-refractivity contribution >= 4 is 27.7 Å². The van der Waals surface area contributed by atoms with Gasteiger partial charge in [0.15, 0.2) is 0 Å². The van der Waals surface area contributed by atoms with E-state index >= 15 is 0 Å². The molecule has 34 heavy (non-hydrogen) atoms. The standard InChI is InChI=1S/C24H38N4O5S/c1-3-4-16-34(31,32)26-22(23(29)33-2)17-21-18-28(20-8-6-5-7-9-20)24(30)27(21)15-12-19-10-13-25-14-11-19/h5-9,19,21-22,25-26H,3-4,10-18H2,1-2H3. The van der Waals surface area contributed by atoms with Gasteiger partial charge in [-0.25, -0.2) is 17.9 Å². The summed E-state index contributed by atoms with van der Waals surface area (Å²) in [6.07, 6.45) is 4.46. The Kier molecular flexibility index (Phi) is 9.73. The highest BCUT2D eigenvalue weighted by Gasteiger charge is 2.41. The molecular weight excluding hydrogens is 456 g/mol. The molecule has 9 nitrogen and oxygen atoms in total. The van der Waals surface area contributed by atoms with Gasteiger partial charge in [-0.1, -0.05) is 31.5 Å². The topological polar surface area (TPSA) is 108 Å². The number of urea groups is 1. The molecule has 2 N–H and O–H groups in total. The molecular formula is C24H38N4O5S. The lowest BCUT2D eigenvalue weighted by Crippen LogP contribution is -2.47. The third-order valence-corrected chi connectivity index (χ3v) is 8.17. The predicted molar refractivity (Wildman–Crippen MR) is 132 cm³/mol. The summed E-state index contributed by atoms with van der Waals surface area (Å²) in [5.74, 6) is -0.135. The van der Waals surface area contributed by atoms with Crippen LogP contribution in [0, 0.1) is 5.92 Å². The van der Waals surface area contributed by atoms with Crippen molar-refractivity contribution in [1.82, 2.24) is 14.9 Å². The van der Waals surface area contributed by atoms with E-state index in [1.54, 1.807) is 4.90 Å². The fourth-order valence-electron chi connectivity index (χ4n) is 4.71. The Bertz CT molecular complexity index is 905. The van der Waals surface area contributed by atoms with Gasteiger partial charge in [-0.3, -0.25) is 9.69 Å². The van der Waals surface area contributed by atoms with Crippen molar-refractivity contribution in [3.8, 4) is 0 Å². The Morgan fingerprint density at radius 3 is 2.59 bits per heavy atom. The van der Waals surface area contributed by atoms with Crippen molar-refractivity contribution in [3.05, 3.63) is 30.3 Å². The van der Waals surface area contributed by atoms with Crippen molar-refractivity contribution in [3.63, 3.8) is 0 Å². The van der Waals surface area contributed by atoms with Crippen molar-refractivity contribution in [1.29, 1.82) is 0 Å². The molecule has 190 valence electrons. The number of ether oxygens (including phenoxy) is 1. The molecule has 0 aliphatic carbocycles. The first-order valence-corrected chi connectivity index (χ1v) is 13.9. The third-order valence-electron chi connectivity index (χ3n) is 6.70. The lowest BCUT2D eigenvalue weighted by molar-refractivity contribution is -0.143. The Balaban J connectivity index is 1.77.